The van der Waals surface area contributed by atoms with Gasteiger partial charge >= 0.3 is 0 Å². The van der Waals surface area contributed by atoms with Crippen LogP contribution in [0.25, 0.3) is 20.4 Å². The molecular weight excluding hydrogens is 508 g/mol. The molecular formula is C26H32N6O3S2. The lowest BCUT2D eigenvalue weighted by atomic mass is 10.3. The lowest BCUT2D eigenvalue weighted by Crippen LogP contribution is -2.55. The number of ether oxygens (including phenoxy) is 3. The monoisotopic (exact) mass is 540 g/mol. The zero-order valence-electron chi connectivity index (χ0n) is 21.3. The number of nitrogens with zero attached hydrogens (tertiary/aromatic N) is 6. The van der Waals surface area contributed by atoms with E-state index in [9.17, 15) is 0 Å². The highest BCUT2D eigenvalue weighted by molar-refractivity contribution is 7.22. The summed E-state index contributed by atoms with van der Waals surface area (Å²) in [5, 5.41) is 2.04. The van der Waals surface area contributed by atoms with Crippen LogP contribution < -0.4 is 19.3 Å². The molecule has 6 rings (SSSR count). The van der Waals surface area contributed by atoms with Gasteiger partial charge in [-0.1, -0.05) is 22.7 Å². The molecule has 0 spiro atoms. The van der Waals surface area contributed by atoms with Crippen molar-refractivity contribution < 1.29 is 14.2 Å². The van der Waals surface area contributed by atoms with Crippen LogP contribution in [-0.2, 0) is 4.74 Å². The lowest BCUT2D eigenvalue weighted by molar-refractivity contribution is 0.0359. The summed E-state index contributed by atoms with van der Waals surface area (Å²) in [5.74, 6) is 1.72. The maximum absolute atomic E-state index is 5.51. The molecule has 4 aromatic rings. The van der Waals surface area contributed by atoms with E-state index in [0.717, 1.165) is 108 Å². The van der Waals surface area contributed by atoms with Gasteiger partial charge in [0.2, 0.25) is 0 Å². The Balaban J connectivity index is 1.24. The largest absolute Gasteiger partial charge is 0.497 e. The summed E-state index contributed by atoms with van der Waals surface area (Å²) in [7, 11) is 3.40. The molecule has 2 fully saturated rings. The van der Waals surface area contributed by atoms with Gasteiger partial charge < -0.3 is 24.0 Å². The molecule has 0 bridgehead atoms. The standard InChI is InChI=1S/C26H32N6O3S2/c1-33-19-4-6-21-23(14-19)36-25(27-21)31-16-30(9-3-8-29-10-12-35-13-11-29)17-32(18-31)26-28-22-7-5-20(34-2)15-24(22)37-26/h4-7,14-15H,3,8-13,16-18H2,1-2H3. The number of benzene rings is 2. The molecule has 2 aliphatic heterocycles. The minimum Gasteiger partial charge on any atom is -0.497 e. The molecule has 9 nitrogen and oxygen atoms in total. The van der Waals surface area contributed by atoms with E-state index in [2.05, 4.69) is 31.7 Å². The van der Waals surface area contributed by atoms with Gasteiger partial charge in [0, 0.05) is 19.6 Å². The number of methoxy groups -OCH3 is 2. The second kappa shape index (κ2) is 11.0. The second-order valence-electron chi connectivity index (χ2n) is 9.37. The molecule has 0 saturated carbocycles. The Bertz CT molecular complexity index is 1260. The number of aromatic nitrogens is 2. The SMILES string of the molecule is COc1ccc2nc(N3CN(CCCN4CCOCC4)CN(c4nc5ccc(OC)cc5s4)C3)sc2c1. The predicted molar refractivity (Wildman–Crippen MR) is 150 cm³/mol. The summed E-state index contributed by atoms with van der Waals surface area (Å²) in [5.41, 5.74) is 2.01. The molecule has 2 aromatic heterocycles. The summed E-state index contributed by atoms with van der Waals surface area (Å²) in [6, 6.07) is 12.2. The van der Waals surface area contributed by atoms with Crippen molar-refractivity contribution >= 4 is 53.4 Å². The van der Waals surface area contributed by atoms with Crippen LogP contribution >= 0.6 is 22.7 Å². The highest BCUT2D eigenvalue weighted by atomic mass is 32.1. The third-order valence-corrected chi connectivity index (χ3v) is 9.00. The van der Waals surface area contributed by atoms with Crippen molar-refractivity contribution in [3.8, 4) is 11.5 Å². The zero-order chi connectivity index (χ0) is 25.2. The molecule has 4 heterocycles. The van der Waals surface area contributed by atoms with E-state index < -0.39 is 0 Å². The molecule has 2 aromatic carbocycles. The number of rotatable bonds is 8. The molecule has 37 heavy (non-hydrogen) atoms. The Kier molecular flexibility index (Phi) is 7.30. The van der Waals surface area contributed by atoms with Gasteiger partial charge in [-0.3, -0.25) is 9.80 Å². The maximum Gasteiger partial charge on any atom is 0.188 e. The molecule has 2 saturated heterocycles. The third kappa shape index (κ3) is 5.46. The van der Waals surface area contributed by atoms with Crippen LogP contribution in [0.2, 0.25) is 0 Å². The average Bonchev–Trinajstić information content (AvgIpc) is 3.57. The smallest absolute Gasteiger partial charge is 0.188 e. The van der Waals surface area contributed by atoms with Gasteiger partial charge in [-0.2, -0.15) is 0 Å². The fourth-order valence-electron chi connectivity index (χ4n) is 4.86. The first kappa shape index (κ1) is 24.6. The Hall–Kier alpha value is -2.70. The molecule has 0 amide bonds. The number of thiazole rings is 2. The Morgan fingerprint density at radius 3 is 1.84 bits per heavy atom. The van der Waals surface area contributed by atoms with Crippen molar-refractivity contribution in [2.45, 2.75) is 6.42 Å². The van der Waals surface area contributed by atoms with Gasteiger partial charge in [-0.25, -0.2) is 9.97 Å². The Labute approximate surface area is 224 Å². The van der Waals surface area contributed by atoms with Crippen LogP contribution in [0.15, 0.2) is 36.4 Å². The predicted octanol–water partition coefficient (Wildman–Crippen LogP) is 4.15. The Morgan fingerprint density at radius 1 is 0.757 bits per heavy atom. The normalized spacial score (nSPS) is 17.7. The van der Waals surface area contributed by atoms with Crippen LogP contribution in [0.4, 0.5) is 10.3 Å². The summed E-state index contributed by atoms with van der Waals surface area (Å²) < 4.78 is 18.6. The molecule has 11 heteroatoms. The molecule has 196 valence electrons. The third-order valence-electron chi connectivity index (χ3n) is 6.84. The summed E-state index contributed by atoms with van der Waals surface area (Å²) in [6.07, 6.45) is 1.12. The first-order valence-electron chi connectivity index (χ1n) is 12.6. The van der Waals surface area contributed by atoms with E-state index in [4.69, 9.17) is 24.2 Å². The molecule has 0 aliphatic carbocycles. The van der Waals surface area contributed by atoms with Crippen LogP contribution in [0, 0.1) is 0 Å². The summed E-state index contributed by atoms with van der Waals surface area (Å²) in [6.45, 7) is 8.29. The van der Waals surface area contributed by atoms with Crippen LogP contribution in [0.1, 0.15) is 6.42 Å². The molecule has 0 radical (unpaired) electrons. The van der Waals surface area contributed by atoms with E-state index in [1.54, 1.807) is 36.9 Å². The first-order chi connectivity index (χ1) is 18.2. The van der Waals surface area contributed by atoms with Gasteiger partial charge in [0.1, 0.15) is 11.5 Å². The molecule has 2 aliphatic rings. The number of anilines is 2. The minimum absolute atomic E-state index is 0.744. The number of hydrogen-bond acceptors (Lipinski definition) is 11. The maximum atomic E-state index is 5.51. The first-order valence-corrected chi connectivity index (χ1v) is 14.2. The highest BCUT2D eigenvalue weighted by Gasteiger charge is 2.28. The van der Waals surface area contributed by atoms with Gasteiger partial charge in [0.05, 0.1) is 67.9 Å². The van der Waals surface area contributed by atoms with Crippen molar-refractivity contribution in [3.63, 3.8) is 0 Å². The lowest BCUT2D eigenvalue weighted by Gasteiger charge is -2.42. The van der Waals surface area contributed by atoms with Crippen LogP contribution in [0.5, 0.6) is 11.5 Å². The Morgan fingerprint density at radius 2 is 1.30 bits per heavy atom. The minimum atomic E-state index is 0.744. The van der Waals surface area contributed by atoms with E-state index in [1.807, 2.05) is 24.3 Å². The van der Waals surface area contributed by atoms with Gasteiger partial charge in [-0.05, 0) is 49.4 Å². The number of fused-ring (bicyclic) bond motifs is 2. The van der Waals surface area contributed by atoms with E-state index >= 15 is 0 Å². The highest BCUT2D eigenvalue weighted by Crippen LogP contribution is 2.35. The fraction of sp³-hybridized carbons (Fsp3) is 0.462. The average molecular weight is 541 g/mol. The second-order valence-corrected chi connectivity index (χ2v) is 11.4. The number of hydrogen-bond donors (Lipinski definition) is 0. The van der Waals surface area contributed by atoms with Crippen molar-refractivity contribution in [1.82, 2.24) is 19.8 Å². The molecule has 0 N–H and O–H groups in total. The fourth-order valence-corrected chi connectivity index (χ4v) is 6.82. The van der Waals surface area contributed by atoms with E-state index in [-0.39, 0.29) is 0 Å². The van der Waals surface area contributed by atoms with Crippen molar-refractivity contribution in [2.24, 2.45) is 0 Å². The summed E-state index contributed by atoms with van der Waals surface area (Å²) in [4.78, 5) is 19.7. The van der Waals surface area contributed by atoms with Crippen LogP contribution in [-0.4, -0.2) is 93.4 Å². The van der Waals surface area contributed by atoms with E-state index in [1.165, 1.54) is 0 Å². The molecule has 0 atom stereocenters. The molecule has 0 unspecified atom stereocenters. The van der Waals surface area contributed by atoms with Gasteiger partial charge in [-0.15, -0.1) is 0 Å². The van der Waals surface area contributed by atoms with Gasteiger partial charge in [0.15, 0.2) is 10.3 Å². The summed E-state index contributed by atoms with van der Waals surface area (Å²) >= 11 is 3.43. The number of morpholine rings is 1. The van der Waals surface area contributed by atoms with Crippen LogP contribution in [0.3, 0.4) is 0 Å². The zero-order valence-corrected chi connectivity index (χ0v) is 22.9. The van der Waals surface area contributed by atoms with E-state index in [0.29, 0.717) is 0 Å². The van der Waals surface area contributed by atoms with Gasteiger partial charge in [0.25, 0.3) is 0 Å². The van der Waals surface area contributed by atoms with Crippen molar-refractivity contribution in [1.29, 1.82) is 0 Å². The topological polar surface area (TPSA) is 66.4 Å². The van der Waals surface area contributed by atoms with Crippen molar-refractivity contribution in [3.05, 3.63) is 36.4 Å². The quantitative estimate of drug-likeness (QED) is 0.328. The van der Waals surface area contributed by atoms with Crippen molar-refractivity contribution in [2.75, 3.05) is 83.4 Å².